The van der Waals surface area contributed by atoms with Crippen LogP contribution in [-0.2, 0) is 11.2 Å². The summed E-state index contributed by atoms with van der Waals surface area (Å²) in [5.74, 6) is 0.0753. The third-order valence-electron chi connectivity index (χ3n) is 4.36. The minimum absolute atomic E-state index is 0.138. The normalized spacial score (nSPS) is 17.9. The molecule has 1 aliphatic heterocycles. The van der Waals surface area contributed by atoms with Gasteiger partial charge in [-0.1, -0.05) is 25.5 Å². The maximum absolute atomic E-state index is 12.5. The highest BCUT2D eigenvalue weighted by Crippen LogP contribution is 2.21. The molecule has 1 aromatic heterocycles. The number of carbonyl (C=O) groups excluding carboxylic acids is 2. The molecule has 4 N–H and O–H groups in total. The second kappa shape index (κ2) is 7.29. The number of pyridine rings is 1. The first-order valence-electron chi connectivity index (χ1n) is 8.06. The van der Waals surface area contributed by atoms with Crippen molar-refractivity contribution in [3.05, 3.63) is 46.3 Å². The third kappa shape index (κ3) is 3.64. The van der Waals surface area contributed by atoms with Gasteiger partial charge in [0.2, 0.25) is 0 Å². The molecule has 1 atom stereocenters. The van der Waals surface area contributed by atoms with Gasteiger partial charge < -0.3 is 16.4 Å². The second-order valence-corrected chi connectivity index (χ2v) is 6.01. The summed E-state index contributed by atoms with van der Waals surface area (Å²) in [6.07, 6.45) is 4.13. The van der Waals surface area contributed by atoms with Crippen molar-refractivity contribution in [3.63, 3.8) is 0 Å². The Balaban J connectivity index is 2.19. The molecular weight excluding hydrogens is 304 g/mol. The van der Waals surface area contributed by atoms with E-state index < -0.39 is 0 Å². The van der Waals surface area contributed by atoms with Gasteiger partial charge in [-0.2, -0.15) is 0 Å². The van der Waals surface area contributed by atoms with Crippen LogP contribution in [0.15, 0.2) is 35.2 Å². The van der Waals surface area contributed by atoms with Crippen molar-refractivity contribution in [1.29, 1.82) is 0 Å². The molecule has 1 unspecified atom stereocenters. The number of nitrogens with zero attached hydrogens (tertiary/aromatic N) is 1. The number of rotatable bonds is 4. The molecule has 128 valence electrons. The van der Waals surface area contributed by atoms with Crippen LogP contribution in [-0.4, -0.2) is 23.3 Å². The standard InChI is InChI=1S/C18H24N4O2/c1-5-13-14(6-7-20-16(13)19)17(23)21-9-15-12(4)10(2)8-11(3)22-18(15)24/h6-8,10H,5,9H2,1-4H3,(H2,19,20)(H,21,23)(H,22,24). The van der Waals surface area contributed by atoms with Gasteiger partial charge in [-0.25, -0.2) is 4.98 Å². The van der Waals surface area contributed by atoms with Gasteiger partial charge in [-0.3, -0.25) is 9.59 Å². The number of hydrogen-bond donors (Lipinski definition) is 3. The Hall–Kier alpha value is -2.63. The lowest BCUT2D eigenvalue weighted by Gasteiger charge is -2.14. The lowest BCUT2D eigenvalue weighted by Crippen LogP contribution is -2.33. The smallest absolute Gasteiger partial charge is 0.253 e. The predicted molar refractivity (Wildman–Crippen MR) is 94.1 cm³/mol. The number of allylic oxidation sites excluding steroid dienone is 3. The minimum atomic E-state index is -0.254. The number of nitrogens with two attached hydrogens (primary N) is 1. The van der Waals surface area contributed by atoms with E-state index in [4.69, 9.17) is 5.73 Å². The average molecular weight is 328 g/mol. The second-order valence-electron chi connectivity index (χ2n) is 6.01. The summed E-state index contributed by atoms with van der Waals surface area (Å²) in [6, 6.07) is 1.65. The molecule has 0 saturated heterocycles. The van der Waals surface area contributed by atoms with Crippen LogP contribution in [0.1, 0.15) is 43.6 Å². The van der Waals surface area contributed by atoms with Crippen LogP contribution in [0.2, 0.25) is 0 Å². The minimum Gasteiger partial charge on any atom is -0.383 e. The van der Waals surface area contributed by atoms with E-state index in [1.54, 1.807) is 6.07 Å². The summed E-state index contributed by atoms with van der Waals surface area (Å²) in [5, 5.41) is 5.66. The molecule has 0 aliphatic carbocycles. The zero-order chi connectivity index (χ0) is 17.9. The Morgan fingerprint density at radius 2 is 2.12 bits per heavy atom. The fourth-order valence-corrected chi connectivity index (χ4v) is 2.83. The van der Waals surface area contributed by atoms with Crippen molar-refractivity contribution in [1.82, 2.24) is 15.6 Å². The molecule has 2 heterocycles. The van der Waals surface area contributed by atoms with Crippen LogP contribution >= 0.6 is 0 Å². The maximum atomic E-state index is 12.5. The molecule has 6 nitrogen and oxygen atoms in total. The van der Waals surface area contributed by atoms with Gasteiger partial charge in [0.25, 0.3) is 11.8 Å². The highest BCUT2D eigenvalue weighted by atomic mass is 16.2. The number of nitrogen functional groups attached to an aromatic ring is 1. The Morgan fingerprint density at radius 3 is 2.79 bits per heavy atom. The van der Waals surface area contributed by atoms with Crippen LogP contribution in [0.3, 0.4) is 0 Å². The fourth-order valence-electron chi connectivity index (χ4n) is 2.83. The van der Waals surface area contributed by atoms with Crippen molar-refractivity contribution in [2.45, 2.75) is 34.1 Å². The van der Waals surface area contributed by atoms with Crippen molar-refractivity contribution < 1.29 is 9.59 Å². The van der Waals surface area contributed by atoms with Gasteiger partial charge in [0.05, 0.1) is 0 Å². The van der Waals surface area contributed by atoms with Crippen molar-refractivity contribution in [2.75, 3.05) is 12.3 Å². The summed E-state index contributed by atoms with van der Waals surface area (Å²) in [7, 11) is 0. The van der Waals surface area contributed by atoms with Gasteiger partial charge >= 0.3 is 0 Å². The van der Waals surface area contributed by atoms with E-state index in [9.17, 15) is 9.59 Å². The molecule has 1 aliphatic rings. The zero-order valence-corrected chi connectivity index (χ0v) is 14.6. The van der Waals surface area contributed by atoms with E-state index in [1.165, 1.54) is 6.20 Å². The number of carbonyl (C=O) groups is 2. The fraction of sp³-hybridized carbons (Fsp3) is 0.389. The maximum Gasteiger partial charge on any atom is 0.253 e. The van der Waals surface area contributed by atoms with Gasteiger partial charge in [-0.15, -0.1) is 0 Å². The van der Waals surface area contributed by atoms with Crippen LogP contribution in [0.4, 0.5) is 5.82 Å². The molecule has 6 heteroatoms. The molecule has 0 fully saturated rings. The number of hydrogen-bond acceptors (Lipinski definition) is 4. The SMILES string of the molecule is CCc1c(C(=O)NCC2=C(C)C(C)C=C(C)NC2=O)ccnc1N. The monoisotopic (exact) mass is 328 g/mol. The van der Waals surface area contributed by atoms with Gasteiger partial charge in [0.1, 0.15) is 5.82 Å². The molecule has 1 aromatic rings. The Bertz CT molecular complexity index is 735. The highest BCUT2D eigenvalue weighted by molar-refractivity contribution is 5.99. The van der Waals surface area contributed by atoms with Crippen LogP contribution in [0, 0.1) is 5.92 Å². The molecule has 0 aromatic carbocycles. The zero-order valence-electron chi connectivity index (χ0n) is 14.6. The van der Waals surface area contributed by atoms with Crippen LogP contribution < -0.4 is 16.4 Å². The van der Waals surface area contributed by atoms with Crippen molar-refractivity contribution >= 4 is 17.6 Å². The quantitative estimate of drug-likeness (QED) is 0.787. The van der Waals surface area contributed by atoms with E-state index in [-0.39, 0.29) is 24.3 Å². The molecule has 2 amide bonds. The molecule has 0 spiro atoms. The van der Waals surface area contributed by atoms with Crippen LogP contribution in [0.25, 0.3) is 0 Å². The van der Waals surface area contributed by atoms with Gasteiger partial charge in [0.15, 0.2) is 0 Å². The first-order valence-corrected chi connectivity index (χ1v) is 8.06. The highest BCUT2D eigenvalue weighted by Gasteiger charge is 2.21. The van der Waals surface area contributed by atoms with E-state index in [0.717, 1.165) is 16.8 Å². The molecule has 2 rings (SSSR count). The lowest BCUT2D eigenvalue weighted by molar-refractivity contribution is -0.116. The van der Waals surface area contributed by atoms with Crippen molar-refractivity contribution in [2.24, 2.45) is 5.92 Å². The van der Waals surface area contributed by atoms with Crippen LogP contribution in [0.5, 0.6) is 0 Å². The summed E-state index contributed by atoms with van der Waals surface area (Å²) in [4.78, 5) is 28.8. The molecule has 0 saturated carbocycles. The lowest BCUT2D eigenvalue weighted by atomic mass is 9.97. The van der Waals surface area contributed by atoms with Gasteiger partial charge in [0, 0.05) is 35.1 Å². The van der Waals surface area contributed by atoms with E-state index in [1.807, 2.05) is 33.8 Å². The summed E-state index contributed by atoms with van der Waals surface area (Å²) < 4.78 is 0. The van der Waals surface area contributed by atoms with Gasteiger partial charge in [-0.05, 0) is 32.3 Å². The topological polar surface area (TPSA) is 97.1 Å². The Labute approximate surface area is 142 Å². The predicted octanol–water partition coefficient (Wildman–Crippen LogP) is 1.94. The Morgan fingerprint density at radius 1 is 1.42 bits per heavy atom. The molecule has 0 radical (unpaired) electrons. The van der Waals surface area contributed by atoms with E-state index in [0.29, 0.717) is 23.4 Å². The first kappa shape index (κ1) is 17.7. The first-order chi connectivity index (χ1) is 11.3. The average Bonchev–Trinajstić information content (AvgIpc) is 2.61. The molecule has 0 bridgehead atoms. The number of aromatic nitrogens is 1. The number of amides is 2. The largest absolute Gasteiger partial charge is 0.383 e. The third-order valence-corrected chi connectivity index (χ3v) is 4.36. The van der Waals surface area contributed by atoms with E-state index >= 15 is 0 Å². The molecule has 24 heavy (non-hydrogen) atoms. The summed E-state index contributed by atoms with van der Waals surface area (Å²) in [5.41, 5.74) is 9.42. The summed E-state index contributed by atoms with van der Waals surface area (Å²) >= 11 is 0. The molecular formula is C18H24N4O2. The Kier molecular flexibility index (Phi) is 5.39. The van der Waals surface area contributed by atoms with Crippen molar-refractivity contribution in [3.8, 4) is 0 Å². The summed E-state index contributed by atoms with van der Waals surface area (Å²) in [6.45, 7) is 7.90. The number of nitrogens with one attached hydrogen (secondary N) is 2. The number of anilines is 1. The van der Waals surface area contributed by atoms with E-state index in [2.05, 4.69) is 15.6 Å².